The van der Waals surface area contributed by atoms with Crippen molar-refractivity contribution < 1.29 is 9.18 Å². The van der Waals surface area contributed by atoms with E-state index in [4.69, 9.17) is 17.3 Å². The van der Waals surface area contributed by atoms with E-state index in [1.54, 1.807) is 24.3 Å². The Morgan fingerprint density at radius 2 is 2.00 bits per heavy atom. The number of anilines is 1. The number of nitrogen functional groups attached to an aromatic ring is 1. The van der Waals surface area contributed by atoms with Crippen LogP contribution < -0.4 is 11.1 Å². The SMILES string of the molecule is Nc1nccnc1-c1ccc(C(=O)NCc2cccc(Cl)n2)c(F)c1. The van der Waals surface area contributed by atoms with E-state index in [2.05, 4.69) is 20.3 Å². The fourth-order valence-electron chi connectivity index (χ4n) is 2.23. The highest BCUT2D eigenvalue weighted by atomic mass is 35.5. The Hall–Kier alpha value is -3.06. The van der Waals surface area contributed by atoms with Gasteiger partial charge in [-0.25, -0.2) is 14.4 Å². The van der Waals surface area contributed by atoms with Gasteiger partial charge in [-0.05, 0) is 24.3 Å². The summed E-state index contributed by atoms with van der Waals surface area (Å²) >= 11 is 5.79. The fraction of sp³-hybridized carbons (Fsp3) is 0.0588. The molecule has 0 unspecified atom stereocenters. The Balaban J connectivity index is 1.76. The lowest BCUT2D eigenvalue weighted by Gasteiger charge is -2.08. The van der Waals surface area contributed by atoms with E-state index in [0.717, 1.165) is 0 Å². The first-order valence-electron chi connectivity index (χ1n) is 7.30. The zero-order valence-corrected chi connectivity index (χ0v) is 13.7. The Morgan fingerprint density at radius 3 is 2.72 bits per heavy atom. The zero-order chi connectivity index (χ0) is 17.8. The van der Waals surface area contributed by atoms with Crippen LogP contribution in [0.4, 0.5) is 10.2 Å². The number of aromatic nitrogens is 3. The van der Waals surface area contributed by atoms with Crippen LogP contribution in [0, 0.1) is 5.82 Å². The normalized spacial score (nSPS) is 10.5. The molecule has 3 aromatic rings. The number of rotatable bonds is 4. The van der Waals surface area contributed by atoms with Crippen molar-refractivity contribution in [2.45, 2.75) is 6.54 Å². The van der Waals surface area contributed by atoms with E-state index in [0.29, 0.717) is 22.1 Å². The summed E-state index contributed by atoms with van der Waals surface area (Å²) in [5, 5.41) is 2.92. The van der Waals surface area contributed by atoms with Gasteiger partial charge >= 0.3 is 0 Å². The lowest BCUT2D eigenvalue weighted by molar-refractivity contribution is 0.0946. The summed E-state index contributed by atoms with van der Waals surface area (Å²) in [5.74, 6) is -1.05. The van der Waals surface area contributed by atoms with E-state index < -0.39 is 11.7 Å². The average Bonchev–Trinajstić information content (AvgIpc) is 2.60. The molecular formula is C17H13ClFN5O. The molecule has 0 fully saturated rings. The zero-order valence-electron chi connectivity index (χ0n) is 12.9. The van der Waals surface area contributed by atoms with Gasteiger partial charge in [0.25, 0.3) is 5.91 Å². The molecule has 8 heteroatoms. The van der Waals surface area contributed by atoms with Crippen LogP contribution in [0.15, 0.2) is 48.8 Å². The third-order valence-electron chi connectivity index (χ3n) is 3.42. The molecule has 0 bridgehead atoms. The smallest absolute Gasteiger partial charge is 0.254 e. The third-order valence-corrected chi connectivity index (χ3v) is 3.63. The molecule has 0 saturated carbocycles. The maximum Gasteiger partial charge on any atom is 0.254 e. The topological polar surface area (TPSA) is 93.8 Å². The molecule has 3 N–H and O–H groups in total. The van der Waals surface area contributed by atoms with Gasteiger partial charge in [-0.3, -0.25) is 9.78 Å². The van der Waals surface area contributed by atoms with E-state index >= 15 is 0 Å². The van der Waals surface area contributed by atoms with Crippen LogP contribution in [0.5, 0.6) is 0 Å². The summed E-state index contributed by atoms with van der Waals surface area (Å²) in [7, 11) is 0. The molecule has 6 nitrogen and oxygen atoms in total. The third kappa shape index (κ3) is 3.89. The molecule has 2 heterocycles. The summed E-state index contributed by atoms with van der Waals surface area (Å²) in [6.07, 6.45) is 2.91. The lowest BCUT2D eigenvalue weighted by atomic mass is 10.1. The Kier molecular flexibility index (Phi) is 4.85. The van der Waals surface area contributed by atoms with Crippen LogP contribution in [0.1, 0.15) is 16.1 Å². The number of carbonyl (C=O) groups excluding carboxylic acids is 1. The van der Waals surface area contributed by atoms with Gasteiger partial charge in [-0.1, -0.05) is 23.7 Å². The number of pyridine rings is 1. The Bertz CT molecular complexity index is 934. The highest BCUT2D eigenvalue weighted by molar-refractivity contribution is 6.29. The number of nitrogens with two attached hydrogens (primary N) is 1. The van der Waals surface area contributed by atoms with Gasteiger partial charge in [0.2, 0.25) is 0 Å². The van der Waals surface area contributed by atoms with Gasteiger partial charge in [-0.2, -0.15) is 0 Å². The van der Waals surface area contributed by atoms with Crippen molar-refractivity contribution in [2.75, 3.05) is 5.73 Å². The minimum absolute atomic E-state index is 0.0896. The van der Waals surface area contributed by atoms with Gasteiger partial charge in [-0.15, -0.1) is 0 Å². The van der Waals surface area contributed by atoms with E-state index in [1.807, 2.05) is 0 Å². The molecule has 1 aromatic carbocycles. The number of amides is 1. The first-order valence-corrected chi connectivity index (χ1v) is 7.68. The number of hydrogen-bond acceptors (Lipinski definition) is 5. The first kappa shape index (κ1) is 16.8. The van der Waals surface area contributed by atoms with E-state index in [1.165, 1.54) is 24.5 Å². The molecule has 0 saturated heterocycles. The first-order chi connectivity index (χ1) is 12.0. The summed E-state index contributed by atoms with van der Waals surface area (Å²) in [5.41, 5.74) is 7.02. The molecule has 0 aliphatic carbocycles. The second kappa shape index (κ2) is 7.23. The standard InChI is InChI=1S/C17H13ClFN5O/c18-14-3-1-2-11(24-14)9-23-17(25)12-5-4-10(8-13(12)19)15-16(20)22-7-6-21-15/h1-8H,9H2,(H2,20,22)(H,23,25). The summed E-state index contributed by atoms with van der Waals surface area (Å²) in [6.45, 7) is 0.137. The Morgan fingerprint density at radius 1 is 1.20 bits per heavy atom. The molecular weight excluding hydrogens is 345 g/mol. The van der Waals surface area contributed by atoms with Crippen LogP contribution >= 0.6 is 11.6 Å². The molecule has 25 heavy (non-hydrogen) atoms. The number of benzene rings is 1. The van der Waals surface area contributed by atoms with Gasteiger partial charge in [0, 0.05) is 18.0 Å². The number of carbonyl (C=O) groups is 1. The monoisotopic (exact) mass is 357 g/mol. The second-order valence-corrected chi connectivity index (χ2v) is 5.51. The highest BCUT2D eigenvalue weighted by Gasteiger charge is 2.14. The van der Waals surface area contributed by atoms with Crippen LogP contribution in [0.2, 0.25) is 5.15 Å². The van der Waals surface area contributed by atoms with Crippen molar-refractivity contribution in [1.82, 2.24) is 20.3 Å². The van der Waals surface area contributed by atoms with Gasteiger partial charge in [0.1, 0.15) is 22.5 Å². The minimum Gasteiger partial charge on any atom is -0.382 e. The molecule has 0 radical (unpaired) electrons. The molecule has 0 aliphatic heterocycles. The molecule has 1 amide bonds. The quantitative estimate of drug-likeness (QED) is 0.700. The lowest BCUT2D eigenvalue weighted by Crippen LogP contribution is -2.24. The van der Waals surface area contributed by atoms with Crippen LogP contribution in [0.3, 0.4) is 0 Å². The Labute approximate surface area is 147 Å². The van der Waals surface area contributed by atoms with Gasteiger partial charge in [0.05, 0.1) is 17.8 Å². The van der Waals surface area contributed by atoms with E-state index in [-0.39, 0.29) is 17.9 Å². The van der Waals surface area contributed by atoms with Crippen molar-refractivity contribution in [2.24, 2.45) is 0 Å². The molecule has 0 spiro atoms. The average molecular weight is 358 g/mol. The van der Waals surface area contributed by atoms with Crippen LogP contribution in [-0.4, -0.2) is 20.9 Å². The summed E-state index contributed by atoms with van der Waals surface area (Å²) < 4.78 is 14.3. The van der Waals surface area contributed by atoms with Crippen LogP contribution in [-0.2, 0) is 6.54 Å². The maximum absolute atomic E-state index is 14.3. The number of hydrogen-bond donors (Lipinski definition) is 2. The maximum atomic E-state index is 14.3. The van der Waals surface area contributed by atoms with Crippen molar-refractivity contribution >= 4 is 23.3 Å². The van der Waals surface area contributed by atoms with Crippen molar-refractivity contribution in [1.29, 1.82) is 0 Å². The van der Waals surface area contributed by atoms with Crippen molar-refractivity contribution in [3.63, 3.8) is 0 Å². The fourth-order valence-corrected chi connectivity index (χ4v) is 2.41. The molecule has 2 aromatic heterocycles. The number of nitrogens with zero attached hydrogens (tertiary/aromatic N) is 3. The molecule has 0 atom stereocenters. The number of halogens is 2. The predicted molar refractivity (Wildman–Crippen MR) is 92.3 cm³/mol. The van der Waals surface area contributed by atoms with E-state index in [9.17, 15) is 9.18 Å². The largest absolute Gasteiger partial charge is 0.382 e. The van der Waals surface area contributed by atoms with Crippen molar-refractivity contribution in [3.8, 4) is 11.3 Å². The van der Waals surface area contributed by atoms with Gasteiger partial charge in [0.15, 0.2) is 0 Å². The molecule has 3 rings (SSSR count). The predicted octanol–water partition coefficient (Wildman–Crippen LogP) is 2.84. The molecule has 126 valence electrons. The summed E-state index contributed by atoms with van der Waals surface area (Å²) in [4.78, 5) is 24.2. The summed E-state index contributed by atoms with van der Waals surface area (Å²) in [6, 6.07) is 9.20. The van der Waals surface area contributed by atoms with Gasteiger partial charge < -0.3 is 11.1 Å². The van der Waals surface area contributed by atoms with Crippen molar-refractivity contribution in [3.05, 3.63) is 71.0 Å². The molecule has 0 aliphatic rings. The minimum atomic E-state index is -0.681. The second-order valence-electron chi connectivity index (χ2n) is 5.12. The number of nitrogens with one attached hydrogen (secondary N) is 1. The van der Waals surface area contributed by atoms with Crippen LogP contribution in [0.25, 0.3) is 11.3 Å². The highest BCUT2D eigenvalue weighted by Crippen LogP contribution is 2.23.